The Labute approximate surface area is 144 Å². The van der Waals surface area contributed by atoms with Gasteiger partial charge in [0.05, 0.1) is 4.70 Å². The molecular formula is C19H18FNO2S. The van der Waals surface area contributed by atoms with Crippen molar-refractivity contribution in [2.24, 2.45) is 5.92 Å². The second-order valence-electron chi connectivity index (χ2n) is 6.13. The molecule has 0 saturated carbocycles. The number of halogens is 1. The maximum Gasteiger partial charge on any atom is 0.279 e. The number of hydrogen-bond donors (Lipinski definition) is 0. The summed E-state index contributed by atoms with van der Waals surface area (Å²) in [6.45, 7) is 4.07. The summed E-state index contributed by atoms with van der Waals surface area (Å²) in [6, 6.07) is 12.2. The number of carbonyl (C=O) groups excluding carboxylic acids is 1. The van der Waals surface area contributed by atoms with E-state index in [4.69, 9.17) is 4.74 Å². The summed E-state index contributed by atoms with van der Waals surface area (Å²) < 4.78 is 20.1. The molecule has 3 rings (SSSR count). The van der Waals surface area contributed by atoms with Crippen LogP contribution in [0.25, 0.3) is 10.2 Å². The Bertz CT molecular complexity index is 855. The highest BCUT2D eigenvalue weighted by Gasteiger charge is 2.10. The fourth-order valence-corrected chi connectivity index (χ4v) is 3.32. The van der Waals surface area contributed by atoms with E-state index >= 15 is 0 Å². The van der Waals surface area contributed by atoms with Gasteiger partial charge in [0.25, 0.3) is 5.19 Å². The number of nitrogens with zero attached hydrogens (tertiary/aromatic N) is 1. The van der Waals surface area contributed by atoms with Gasteiger partial charge in [0.1, 0.15) is 22.9 Å². The molecule has 3 aromatic rings. The second-order valence-corrected chi connectivity index (χ2v) is 7.12. The Hall–Kier alpha value is -2.27. The molecule has 0 atom stereocenters. The third-order valence-electron chi connectivity index (χ3n) is 3.52. The van der Waals surface area contributed by atoms with E-state index < -0.39 is 0 Å². The normalized spacial score (nSPS) is 11.2. The maximum atomic E-state index is 13.7. The molecule has 0 spiro atoms. The van der Waals surface area contributed by atoms with E-state index in [0.717, 1.165) is 10.3 Å². The first-order chi connectivity index (χ1) is 11.5. The summed E-state index contributed by atoms with van der Waals surface area (Å²) >= 11 is 1.30. The van der Waals surface area contributed by atoms with Crippen LogP contribution in [0.5, 0.6) is 10.9 Å². The molecule has 1 heterocycles. The van der Waals surface area contributed by atoms with Gasteiger partial charge in [-0.1, -0.05) is 43.4 Å². The molecule has 0 aliphatic carbocycles. The Kier molecular flexibility index (Phi) is 4.90. The van der Waals surface area contributed by atoms with Crippen molar-refractivity contribution in [3.63, 3.8) is 0 Å². The van der Waals surface area contributed by atoms with Gasteiger partial charge in [-0.05, 0) is 35.7 Å². The minimum atomic E-state index is -0.349. The van der Waals surface area contributed by atoms with Crippen molar-refractivity contribution in [3.05, 3.63) is 53.8 Å². The zero-order valence-corrected chi connectivity index (χ0v) is 14.4. The summed E-state index contributed by atoms with van der Waals surface area (Å²) in [5.41, 5.74) is 1.29. The van der Waals surface area contributed by atoms with Gasteiger partial charge in [-0.15, -0.1) is 0 Å². The average molecular weight is 343 g/mol. The number of ether oxygens (including phenoxy) is 1. The zero-order valence-electron chi connectivity index (χ0n) is 13.6. The molecule has 0 radical (unpaired) electrons. The van der Waals surface area contributed by atoms with E-state index in [0.29, 0.717) is 35.2 Å². The van der Waals surface area contributed by atoms with E-state index in [1.54, 1.807) is 18.2 Å². The lowest BCUT2D eigenvalue weighted by atomic mass is 10.0. The standard InChI is InChI=1S/C19H18FNO2S/c1-12(2)10-14(22)11-13-6-8-15(9-7-13)23-19-21-18-16(20)4-3-5-17(18)24-19/h3-9,12H,10-11H2,1-2H3. The van der Waals surface area contributed by atoms with Gasteiger partial charge >= 0.3 is 0 Å². The van der Waals surface area contributed by atoms with Gasteiger partial charge in [-0.25, -0.2) is 4.39 Å². The third kappa shape index (κ3) is 3.97. The van der Waals surface area contributed by atoms with Crippen LogP contribution >= 0.6 is 11.3 Å². The molecule has 5 heteroatoms. The monoisotopic (exact) mass is 343 g/mol. The van der Waals surface area contributed by atoms with Crippen LogP contribution in [-0.4, -0.2) is 10.8 Å². The van der Waals surface area contributed by atoms with Crippen LogP contribution in [0.2, 0.25) is 0 Å². The number of hydrogen-bond acceptors (Lipinski definition) is 4. The lowest BCUT2D eigenvalue weighted by Gasteiger charge is -2.05. The van der Waals surface area contributed by atoms with E-state index in [2.05, 4.69) is 4.98 Å². The van der Waals surface area contributed by atoms with Crippen molar-refractivity contribution >= 4 is 27.3 Å². The predicted octanol–water partition coefficient (Wildman–Crippen LogP) is 5.39. The van der Waals surface area contributed by atoms with Gasteiger partial charge in [0.15, 0.2) is 0 Å². The third-order valence-corrected chi connectivity index (χ3v) is 4.41. The number of ketones is 1. The second kappa shape index (κ2) is 7.09. The predicted molar refractivity (Wildman–Crippen MR) is 94.3 cm³/mol. The van der Waals surface area contributed by atoms with Crippen molar-refractivity contribution in [2.75, 3.05) is 0 Å². The summed E-state index contributed by atoms with van der Waals surface area (Å²) in [7, 11) is 0. The molecule has 0 amide bonds. The number of Topliss-reactive ketones (excluding diaryl/α,β-unsaturated/α-hetero) is 1. The summed E-state index contributed by atoms with van der Waals surface area (Å²) in [6.07, 6.45) is 1.03. The molecule has 0 aliphatic rings. The van der Waals surface area contributed by atoms with E-state index in [9.17, 15) is 9.18 Å². The topological polar surface area (TPSA) is 39.2 Å². The largest absolute Gasteiger partial charge is 0.431 e. The first-order valence-electron chi connectivity index (χ1n) is 7.85. The Morgan fingerprint density at radius 1 is 1.21 bits per heavy atom. The molecule has 0 N–H and O–H groups in total. The van der Waals surface area contributed by atoms with Crippen LogP contribution in [-0.2, 0) is 11.2 Å². The summed E-state index contributed by atoms with van der Waals surface area (Å²) in [5.74, 6) is 0.881. The number of carbonyl (C=O) groups is 1. The summed E-state index contributed by atoms with van der Waals surface area (Å²) in [4.78, 5) is 16.0. The van der Waals surface area contributed by atoms with Crippen LogP contribution in [0.1, 0.15) is 25.8 Å². The van der Waals surface area contributed by atoms with Gasteiger partial charge in [0.2, 0.25) is 0 Å². The lowest BCUT2D eigenvalue weighted by molar-refractivity contribution is -0.119. The molecule has 0 aliphatic heterocycles. The average Bonchev–Trinajstić information content (AvgIpc) is 2.92. The highest BCUT2D eigenvalue weighted by atomic mass is 32.1. The van der Waals surface area contributed by atoms with Crippen molar-refractivity contribution in [1.82, 2.24) is 4.98 Å². The van der Waals surface area contributed by atoms with E-state index in [-0.39, 0.29) is 11.6 Å². The van der Waals surface area contributed by atoms with Crippen LogP contribution in [0, 0.1) is 11.7 Å². The number of fused-ring (bicyclic) bond motifs is 1. The molecule has 1 aromatic heterocycles. The van der Waals surface area contributed by atoms with Crippen LogP contribution in [0.15, 0.2) is 42.5 Å². The molecule has 0 unspecified atom stereocenters. The van der Waals surface area contributed by atoms with Crippen molar-refractivity contribution in [1.29, 1.82) is 0 Å². The molecule has 2 aromatic carbocycles. The lowest BCUT2D eigenvalue weighted by Crippen LogP contribution is -2.06. The minimum absolute atomic E-state index is 0.236. The Morgan fingerprint density at radius 2 is 1.96 bits per heavy atom. The number of benzene rings is 2. The number of aromatic nitrogens is 1. The quantitative estimate of drug-likeness (QED) is 0.603. The first-order valence-corrected chi connectivity index (χ1v) is 8.66. The Balaban J connectivity index is 1.69. The molecule has 124 valence electrons. The minimum Gasteiger partial charge on any atom is -0.431 e. The fraction of sp³-hybridized carbons (Fsp3) is 0.263. The van der Waals surface area contributed by atoms with Crippen LogP contribution in [0.4, 0.5) is 4.39 Å². The van der Waals surface area contributed by atoms with Gasteiger partial charge in [-0.3, -0.25) is 4.79 Å². The number of thiazole rings is 1. The van der Waals surface area contributed by atoms with Crippen LogP contribution in [0.3, 0.4) is 0 Å². The van der Waals surface area contributed by atoms with Gasteiger partial charge < -0.3 is 4.74 Å². The molecule has 0 saturated heterocycles. The number of rotatable bonds is 6. The summed E-state index contributed by atoms with van der Waals surface area (Å²) in [5, 5.41) is 0.402. The van der Waals surface area contributed by atoms with Crippen LogP contribution < -0.4 is 4.74 Å². The van der Waals surface area contributed by atoms with Crippen molar-refractivity contribution in [3.8, 4) is 10.9 Å². The van der Waals surface area contributed by atoms with Crippen molar-refractivity contribution in [2.45, 2.75) is 26.7 Å². The molecule has 0 bridgehead atoms. The molecular weight excluding hydrogens is 325 g/mol. The van der Waals surface area contributed by atoms with Gasteiger partial charge in [-0.2, -0.15) is 4.98 Å². The Morgan fingerprint density at radius 3 is 2.62 bits per heavy atom. The first kappa shape index (κ1) is 16.6. The van der Waals surface area contributed by atoms with E-state index in [1.807, 2.05) is 32.0 Å². The maximum absolute atomic E-state index is 13.7. The van der Waals surface area contributed by atoms with Crippen molar-refractivity contribution < 1.29 is 13.9 Å². The highest BCUT2D eigenvalue weighted by Crippen LogP contribution is 2.32. The molecule has 0 fully saturated rings. The van der Waals surface area contributed by atoms with E-state index in [1.165, 1.54) is 17.4 Å². The smallest absolute Gasteiger partial charge is 0.279 e. The fourth-order valence-electron chi connectivity index (χ4n) is 2.47. The molecule has 3 nitrogen and oxygen atoms in total. The highest BCUT2D eigenvalue weighted by molar-refractivity contribution is 7.20. The molecule has 24 heavy (non-hydrogen) atoms. The SMILES string of the molecule is CC(C)CC(=O)Cc1ccc(Oc2nc3c(F)cccc3s2)cc1. The number of para-hydroxylation sites is 1. The zero-order chi connectivity index (χ0) is 17.1. The van der Waals surface area contributed by atoms with Gasteiger partial charge in [0, 0.05) is 12.8 Å².